The van der Waals surface area contributed by atoms with Crippen LogP contribution in [0.4, 0.5) is 18.0 Å². The third-order valence-electron chi connectivity index (χ3n) is 3.15. The minimum absolute atomic E-state index is 0.0541. The number of hydrogen-bond acceptors (Lipinski definition) is 2. The van der Waals surface area contributed by atoms with Crippen molar-refractivity contribution < 1.29 is 27.9 Å². The number of carboxylic acids is 1. The molecular formula is C11H13F3N2O3. The van der Waals surface area contributed by atoms with Gasteiger partial charge in [-0.15, -0.1) is 6.42 Å². The van der Waals surface area contributed by atoms with E-state index in [-0.39, 0.29) is 13.1 Å². The topological polar surface area (TPSA) is 60.9 Å². The highest BCUT2D eigenvalue weighted by atomic mass is 19.4. The lowest BCUT2D eigenvalue weighted by Gasteiger charge is -2.28. The van der Waals surface area contributed by atoms with E-state index in [9.17, 15) is 22.8 Å². The van der Waals surface area contributed by atoms with Gasteiger partial charge in [-0.05, 0) is 6.42 Å². The molecule has 1 saturated heterocycles. The summed E-state index contributed by atoms with van der Waals surface area (Å²) >= 11 is 0. The summed E-state index contributed by atoms with van der Waals surface area (Å²) in [7, 11) is 1.34. The van der Waals surface area contributed by atoms with E-state index in [1.54, 1.807) is 0 Å². The average Bonchev–Trinajstić information content (AvgIpc) is 2.73. The first-order valence-corrected chi connectivity index (χ1v) is 5.39. The van der Waals surface area contributed by atoms with Gasteiger partial charge in [-0.2, -0.15) is 13.2 Å². The number of hydrogen-bond donors (Lipinski definition) is 1. The highest BCUT2D eigenvalue weighted by Crippen LogP contribution is 2.45. The van der Waals surface area contributed by atoms with E-state index < -0.39 is 36.6 Å². The smallest absolute Gasteiger partial charge is 0.406 e. The Morgan fingerprint density at radius 3 is 2.47 bits per heavy atom. The van der Waals surface area contributed by atoms with Gasteiger partial charge >= 0.3 is 18.2 Å². The zero-order valence-electron chi connectivity index (χ0n) is 10.2. The molecule has 0 spiro atoms. The van der Waals surface area contributed by atoms with Crippen LogP contribution in [-0.4, -0.2) is 59.8 Å². The van der Waals surface area contributed by atoms with Crippen molar-refractivity contribution in [1.82, 2.24) is 9.80 Å². The van der Waals surface area contributed by atoms with E-state index in [0.717, 1.165) is 9.80 Å². The first-order chi connectivity index (χ1) is 8.65. The van der Waals surface area contributed by atoms with Crippen LogP contribution in [0.25, 0.3) is 0 Å². The number of aliphatic carboxylic acids is 1. The first-order valence-electron chi connectivity index (χ1n) is 5.39. The zero-order valence-corrected chi connectivity index (χ0v) is 10.2. The fraction of sp³-hybridized carbons (Fsp3) is 0.636. The standard InChI is InChI=1S/C11H13F3N2O3/c1-3-5-15(2)9(19)16-6-4-10(7-16,8(17)18)11(12,13)14/h1H,4-7H2,2H3,(H,17,18). The summed E-state index contributed by atoms with van der Waals surface area (Å²) in [6, 6.07) is -0.703. The summed E-state index contributed by atoms with van der Waals surface area (Å²) in [5, 5.41) is 8.84. The van der Waals surface area contributed by atoms with E-state index >= 15 is 0 Å². The third-order valence-corrected chi connectivity index (χ3v) is 3.15. The Hall–Kier alpha value is -1.91. The van der Waals surface area contributed by atoms with E-state index in [4.69, 9.17) is 11.5 Å². The van der Waals surface area contributed by atoms with Gasteiger partial charge in [-0.25, -0.2) is 4.79 Å². The molecule has 8 heteroatoms. The molecule has 1 heterocycles. The maximum atomic E-state index is 12.9. The van der Waals surface area contributed by atoms with Crippen LogP contribution >= 0.6 is 0 Å². The van der Waals surface area contributed by atoms with E-state index in [1.807, 2.05) is 0 Å². The highest BCUT2D eigenvalue weighted by Gasteiger charge is 2.64. The molecule has 0 aromatic carbocycles. The summed E-state index contributed by atoms with van der Waals surface area (Å²) in [6.07, 6.45) is -0.555. The Morgan fingerprint density at radius 2 is 2.11 bits per heavy atom. The Bertz CT molecular complexity index is 430. The molecule has 0 radical (unpaired) electrons. The van der Waals surface area contributed by atoms with Crippen LogP contribution in [0.2, 0.25) is 0 Å². The van der Waals surface area contributed by atoms with Crippen molar-refractivity contribution in [3.8, 4) is 12.3 Å². The van der Waals surface area contributed by atoms with Gasteiger partial charge in [0.2, 0.25) is 0 Å². The van der Waals surface area contributed by atoms with Crippen molar-refractivity contribution in [2.75, 3.05) is 26.7 Å². The lowest BCUT2D eigenvalue weighted by molar-refractivity contribution is -0.227. The van der Waals surface area contributed by atoms with Crippen LogP contribution in [0, 0.1) is 17.8 Å². The molecule has 1 unspecified atom stereocenters. The van der Waals surface area contributed by atoms with Gasteiger partial charge in [0, 0.05) is 20.1 Å². The molecule has 1 atom stereocenters. The van der Waals surface area contributed by atoms with Crippen molar-refractivity contribution in [3.63, 3.8) is 0 Å². The van der Waals surface area contributed by atoms with Crippen LogP contribution < -0.4 is 0 Å². The second-order valence-electron chi connectivity index (χ2n) is 4.40. The highest BCUT2D eigenvalue weighted by molar-refractivity contribution is 5.80. The summed E-state index contributed by atoms with van der Waals surface area (Å²) < 4.78 is 38.7. The van der Waals surface area contributed by atoms with Gasteiger partial charge in [0.25, 0.3) is 0 Å². The minimum Gasteiger partial charge on any atom is -0.481 e. The number of halogens is 3. The van der Waals surface area contributed by atoms with Crippen LogP contribution in [0.3, 0.4) is 0 Å². The molecule has 0 aromatic heterocycles. The number of alkyl halides is 3. The van der Waals surface area contributed by atoms with Gasteiger partial charge < -0.3 is 14.9 Å². The molecule has 0 aromatic rings. The van der Waals surface area contributed by atoms with Crippen molar-refractivity contribution in [3.05, 3.63) is 0 Å². The number of likely N-dealkylation sites (tertiary alicyclic amines) is 1. The molecule has 5 nitrogen and oxygen atoms in total. The SMILES string of the molecule is C#CCN(C)C(=O)N1CCC(C(=O)O)(C(F)(F)F)C1. The molecule has 19 heavy (non-hydrogen) atoms. The van der Waals surface area contributed by atoms with Crippen molar-refractivity contribution in [2.24, 2.45) is 5.41 Å². The van der Waals surface area contributed by atoms with Crippen LogP contribution in [-0.2, 0) is 4.79 Å². The van der Waals surface area contributed by atoms with Crippen LogP contribution in [0.15, 0.2) is 0 Å². The fourth-order valence-corrected chi connectivity index (χ4v) is 1.95. The summed E-state index contributed by atoms with van der Waals surface area (Å²) in [5.41, 5.74) is -2.89. The second-order valence-corrected chi connectivity index (χ2v) is 4.40. The Kier molecular flexibility index (Phi) is 3.98. The molecule has 0 saturated carbocycles. The minimum atomic E-state index is -4.90. The number of nitrogens with zero attached hydrogens (tertiary/aromatic N) is 2. The number of rotatable bonds is 2. The number of urea groups is 1. The monoisotopic (exact) mass is 278 g/mol. The largest absolute Gasteiger partial charge is 0.481 e. The molecule has 0 aliphatic carbocycles. The molecule has 1 aliphatic rings. The van der Waals surface area contributed by atoms with Crippen LogP contribution in [0.5, 0.6) is 0 Å². The van der Waals surface area contributed by atoms with Gasteiger partial charge in [0.05, 0.1) is 6.54 Å². The second kappa shape index (κ2) is 4.99. The molecule has 0 bridgehead atoms. The summed E-state index contributed by atoms with van der Waals surface area (Å²) in [5.74, 6) is 0.222. The Balaban J connectivity index is 2.90. The lowest BCUT2D eigenvalue weighted by atomic mass is 9.86. The van der Waals surface area contributed by atoms with Gasteiger partial charge in [0.1, 0.15) is 0 Å². The first kappa shape index (κ1) is 15.1. The number of carboxylic acid groups (broad SMARTS) is 1. The van der Waals surface area contributed by atoms with Gasteiger partial charge in [0.15, 0.2) is 5.41 Å². The molecule has 1 fully saturated rings. The van der Waals surface area contributed by atoms with Crippen molar-refractivity contribution in [2.45, 2.75) is 12.6 Å². The maximum absolute atomic E-state index is 12.9. The normalized spacial score (nSPS) is 23.0. The molecule has 1 rings (SSSR count). The van der Waals surface area contributed by atoms with E-state index in [0.29, 0.717) is 0 Å². The zero-order chi connectivity index (χ0) is 14.8. The summed E-state index contributed by atoms with van der Waals surface area (Å²) in [4.78, 5) is 24.6. The molecule has 1 N–H and O–H groups in total. The molecule has 1 aliphatic heterocycles. The van der Waals surface area contributed by atoms with E-state index in [1.165, 1.54) is 7.05 Å². The quantitative estimate of drug-likeness (QED) is 0.767. The average molecular weight is 278 g/mol. The number of carbonyl (C=O) groups excluding carboxylic acids is 1. The lowest BCUT2D eigenvalue weighted by Crippen LogP contribution is -2.49. The number of terminal acetylenes is 1. The van der Waals surface area contributed by atoms with Gasteiger partial charge in [-0.3, -0.25) is 4.79 Å². The molecule has 106 valence electrons. The van der Waals surface area contributed by atoms with Crippen molar-refractivity contribution in [1.29, 1.82) is 0 Å². The number of carbonyl (C=O) groups is 2. The third kappa shape index (κ3) is 2.59. The van der Waals surface area contributed by atoms with Crippen LogP contribution in [0.1, 0.15) is 6.42 Å². The van der Waals surface area contributed by atoms with Gasteiger partial charge in [-0.1, -0.05) is 5.92 Å². The van der Waals surface area contributed by atoms with Crippen molar-refractivity contribution >= 4 is 12.0 Å². The number of amides is 2. The predicted molar refractivity (Wildman–Crippen MR) is 59.2 cm³/mol. The summed E-state index contributed by atoms with van der Waals surface area (Å²) in [6.45, 7) is -1.21. The fourth-order valence-electron chi connectivity index (χ4n) is 1.95. The Morgan fingerprint density at radius 1 is 1.53 bits per heavy atom. The molecular weight excluding hydrogens is 265 g/mol. The maximum Gasteiger partial charge on any atom is 0.406 e. The molecule has 2 amide bonds. The predicted octanol–water partition coefficient (Wildman–Crippen LogP) is 1.01. The Labute approximate surface area is 108 Å². The van der Waals surface area contributed by atoms with E-state index in [2.05, 4.69) is 5.92 Å².